The summed E-state index contributed by atoms with van der Waals surface area (Å²) in [6.45, 7) is 1.51. The molecule has 20 heavy (non-hydrogen) atoms. The van der Waals surface area contributed by atoms with Crippen LogP contribution in [-0.4, -0.2) is 31.3 Å². The first-order valence-electron chi connectivity index (χ1n) is 5.87. The zero-order valence-corrected chi connectivity index (χ0v) is 11.1. The highest BCUT2D eigenvalue weighted by atomic mass is 19.4. The molecule has 4 nitrogen and oxygen atoms in total. The van der Waals surface area contributed by atoms with Crippen LogP contribution >= 0.6 is 0 Å². The van der Waals surface area contributed by atoms with Gasteiger partial charge >= 0.3 is 12.1 Å². The number of methoxy groups -OCH3 is 1. The second-order valence-corrected chi connectivity index (χ2v) is 4.39. The first-order chi connectivity index (χ1) is 9.23. The molecule has 7 heteroatoms. The maximum Gasteiger partial charge on any atom is 0.416 e. The lowest BCUT2D eigenvalue weighted by atomic mass is 9.87. The van der Waals surface area contributed by atoms with Crippen molar-refractivity contribution in [1.82, 2.24) is 5.32 Å². The van der Waals surface area contributed by atoms with E-state index in [4.69, 9.17) is 4.74 Å². The van der Waals surface area contributed by atoms with Crippen LogP contribution in [0, 0.1) is 0 Å². The number of aliphatic carboxylic acids is 1. The Morgan fingerprint density at radius 1 is 1.30 bits per heavy atom. The highest BCUT2D eigenvalue weighted by molar-refractivity contribution is 5.81. The Labute approximate surface area is 114 Å². The number of hydrogen-bond donors (Lipinski definition) is 2. The number of hydrogen-bond acceptors (Lipinski definition) is 3. The molecular formula is C13H16F3NO3. The quantitative estimate of drug-likeness (QED) is 0.789. The van der Waals surface area contributed by atoms with Gasteiger partial charge in [-0.25, -0.2) is 4.79 Å². The first kappa shape index (κ1) is 16.5. The maximum absolute atomic E-state index is 13.0. The average molecular weight is 291 g/mol. The Bertz CT molecular complexity index is 476. The second-order valence-electron chi connectivity index (χ2n) is 4.39. The molecule has 0 radical (unpaired) electrons. The summed E-state index contributed by atoms with van der Waals surface area (Å²) in [6.07, 6.45) is -4.61. The predicted molar refractivity (Wildman–Crippen MR) is 66.3 cm³/mol. The summed E-state index contributed by atoms with van der Waals surface area (Å²) < 4.78 is 43.7. The Hall–Kier alpha value is -1.60. The Balaban J connectivity index is 3.25. The zero-order chi connectivity index (χ0) is 15.4. The molecule has 1 unspecified atom stereocenters. The van der Waals surface area contributed by atoms with Crippen molar-refractivity contribution in [1.29, 1.82) is 0 Å². The van der Waals surface area contributed by atoms with E-state index in [-0.39, 0.29) is 18.7 Å². The zero-order valence-electron chi connectivity index (χ0n) is 11.1. The number of carboxylic acid groups (broad SMARTS) is 1. The summed E-state index contributed by atoms with van der Waals surface area (Å²) in [5.41, 5.74) is -3.13. The topological polar surface area (TPSA) is 58.6 Å². The van der Waals surface area contributed by atoms with E-state index < -0.39 is 23.2 Å². The molecule has 0 saturated heterocycles. The van der Waals surface area contributed by atoms with Crippen LogP contribution in [-0.2, 0) is 21.2 Å². The van der Waals surface area contributed by atoms with Crippen molar-refractivity contribution in [2.24, 2.45) is 0 Å². The maximum atomic E-state index is 13.0. The summed E-state index contributed by atoms with van der Waals surface area (Å²) in [5, 5.41) is 11.9. The van der Waals surface area contributed by atoms with Crippen LogP contribution in [0.2, 0.25) is 0 Å². The van der Waals surface area contributed by atoms with E-state index >= 15 is 0 Å². The van der Waals surface area contributed by atoms with Crippen LogP contribution in [0.15, 0.2) is 24.3 Å². The van der Waals surface area contributed by atoms with E-state index in [1.807, 2.05) is 0 Å². The van der Waals surface area contributed by atoms with Gasteiger partial charge in [-0.3, -0.25) is 5.32 Å². The number of alkyl halides is 3. The highest BCUT2D eigenvalue weighted by Gasteiger charge is 2.43. The van der Waals surface area contributed by atoms with Crippen molar-refractivity contribution >= 4 is 5.97 Å². The highest BCUT2D eigenvalue weighted by Crippen LogP contribution is 2.36. The molecule has 0 aliphatic heterocycles. The third-order valence-electron chi connectivity index (χ3n) is 2.98. The van der Waals surface area contributed by atoms with Crippen LogP contribution in [0.3, 0.4) is 0 Å². The molecule has 2 N–H and O–H groups in total. The Morgan fingerprint density at radius 2 is 1.85 bits per heavy atom. The summed E-state index contributed by atoms with van der Waals surface area (Å²) in [4.78, 5) is 11.4. The molecular weight excluding hydrogens is 275 g/mol. The summed E-state index contributed by atoms with van der Waals surface area (Å²) in [6, 6.07) is 4.64. The molecule has 0 aliphatic rings. The Morgan fingerprint density at radius 3 is 2.30 bits per heavy atom. The van der Waals surface area contributed by atoms with Gasteiger partial charge in [0.25, 0.3) is 0 Å². The first-order valence-corrected chi connectivity index (χ1v) is 5.87. The summed E-state index contributed by atoms with van der Waals surface area (Å²) >= 11 is 0. The van der Waals surface area contributed by atoms with Crippen LogP contribution in [0.1, 0.15) is 18.1 Å². The molecule has 0 bridgehead atoms. The van der Waals surface area contributed by atoms with Gasteiger partial charge in [0.2, 0.25) is 0 Å². The van der Waals surface area contributed by atoms with Gasteiger partial charge in [-0.2, -0.15) is 13.2 Å². The summed E-state index contributed by atoms with van der Waals surface area (Å²) in [7, 11) is 1.42. The van der Waals surface area contributed by atoms with E-state index in [9.17, 15) is 23.1 Å². The molecule has 0 aromatic heterocycles. The third kappa shape index (κ3) is 3.49. The molecule has 1 aromatic carbocycles. The fourth-order valence-corrected chi connectivity index (χ4v) is 1.86. The smallest absolute Gasteiger partial charge is 0.416 e. The molecule has 0 amide bonds. The standard InChI is InChI=1S/C13H16F3NO3/c1-12(11(18)19,17-7-8-20-2)9-5-3-4-6-10(9)13(14,15)16/h3-6,17H,7-8H2,1-2H3,(H,18,19). The van der Waals surface area contributed by atoms with Crippen molar-refractivity contribution in [3.05, 3.63) is 35.4 Å². The molecule has 1 atom stereocenters. The van der Waals surface area contributed by atoms with Crippen molar-refractivity contribution in [2.75, 3.05) is 20.3 Å². The largest absolute Gasteiger partial charge is 0.480 e. The van der Waals surface area contributed by atoms with Gasteiger partial charge in [-0.05, 0) is 18.6 Å². The van der Waals surface area contributed by atoms with Gasteiger partial charge in [0.15, 0.2) is 0 Å². The van der Waals surface area contributed by atoms with Crippen LogP contribution in [0.25, 0.3) is 0 Å². The number of rotatable bonds is 6. The normalized spacial score (nSPS) is 14.8. The molecule has 1 rings (SSSR count). The van der Waals surface area contributed by atoms with Gasteiger partial charge in [0, 0.05) is 13.7 Å². The molecule has 1 aromatic rings. The molecule has 0 saturated carbocycles. The van der Waals surface area contributed by atoms with Gasteiger partial charge in [0.1, 0.15) is 5.54 Å². The monoisotopic (exact) mass is 291 g/mol. The van der Waals surface area contributed by atoms with Crippen molar-refractivity contribution in [2.45, 2.75) is 18.6 Å². The van der Waals surface area contributed by atoms with E-state index in [0.717, 1.165) is 12.1 Å². The lowest BCUT2D eigenvalue weighted by Gasteiger charge is -2.29. The van der Waals surface area contributed by atoms with Gasteiger partial charge in [-0.15, -0.1) is 0 Å². The lowest BCUT2D eigenvalue weighted by molar-refractivity contribution is -0.147. The van der Waals surface area contributed by atoms with Crippen molar-refractivity contribution < 1.29 is 27.8 Å². The lowest BCUT2D eigenvalue weighted by Crippen LogP contribution is -2.48. The molecule has 0 fully saturated rings. The van der Waals surface area contributed by atoms with Crippen LogP contribution < -0.4 is 5.32 Å². The second kappa shape index (κ2) is 6.23. The van der Waals surface area contributed by atoms with Crippen molar-refractivity contribution in [3.63, 3.8) is 0 Å². The Kier molecular flexibility index (Phi) is 5.13. The fourth-order valence-electron chi connectivity index (χ4n) is 1.86. The predicted octanol–water partition coefficient (Wildman–Crippen LogP) is 2.24. The minimum atomic E-state index is -4.61. The number of ether oxygens (including phenoxy) is 1. The molecule has 0 heterocycles. The molecule has 112 valence electrons. The number of carbonyl (C=O) groups is 1. The van der Waals surface area contributed by atoms with E-state index in [0.29, 0.717) is 0 Å². The number of carboxylic acids is 1. The van der Waals surface area contributed by atoms with Crippen LogP contribution in [0.4, 0.5) is 13.2 Å². The van der Waals surface area contributed by atoms with Gasteiger partial charge in [-0.1, -0.05) is 18.2 Å². The number of nitrogens with one attached hydrogen (secondary N) is 1. The molecule has 0 spiro atoms. The van der Waals surface area contributed by atoms with Crippen molar-refractivity contribution in [3.8, 4) is 0 Å². The average Bonchev–Trinajstić information content (AvgIpc) is 2.37. The number of benzene rings is 1. The molecule has 0 aliphatic carbocycles. The minimum absolute atomic E-state index is 0.117. The number of halogens is 3. The SMILES string of the molecule is COCCNC(C)(C(=O)O)c1ccccc1C(F)(F)F. The van der Waals surface area contributed by atoms with Gasteiger partial charge < -0.3 is 9.84 Å². The fraction of sp³-hybridized carbons (Fsp3) is 0.462. The van der Waals surface area contributed by atoms with E-state index in [1.54, 1.807) is 0 Å². The summed E-state index contributed by atoms with van der Waals surface area (Å²) in [5.74, 6) is -1.38. The minimum Gasteiger partial charge on any atom is -0.480 e. The van der Waals surface area contributed by atoms with E-state index in [2.05, 4.69) is 5.32 Å². The van der Waals surface area contributed by atoms with Gasteiger partial charge in [0.05, 0.1) is 12.2 Å². The van der Waals surface area contributed by atoms with E-state index in [1.165, 1.54) is 26.2 Å². The third-order valence-corrected chi connectivity index (χ3v) is 2.98. The van der Waals surface area contributed by atoms with Crippen LogP contribution in [0.5, 0.6) is 0 Å².